The first-order valence-corrected chi connectivity index (χ1v) is 6.71. The highest BCUT2D eigenvalue weighted by molar-refractivity contribution is 5.73. The minimum atomic E-state index is -0.339. The summed E-state index contributed by atoms with van der Waals surface area (Å²) in [6, 6.07) is 3.17. The fourth-order valence-electron chi connectivity index (χ4n) is 2.48. The number of pyridine rings is 1. The SMILES string of the molecule is CCOC(=O)[C@H]1CCC[C@H]1NCc1ccc(F)cn1. The number of halogens is 1. The van der Waals surface area contributed by atoms with E-state index in [0.717, 1.165) is 25.0 Å². The van der Waals surface area contributed by atoms with E-state index in [1.165, 1.54) is 12.3 Å². The van der Waals surface area contributed by atoms with E-state index in [0.29, 0.717) is 13.2 Å². The van der Waals surface area contributed by atoms with Crippen LogP contribution in [-0.2, 0) is 16.1 Å². The van der Waals surface area contributed by atoms with E-state index in [-0.39, 0.29) is 23.7 Å². The summed E-state index contributed by atoms with van der Waals surface area (Å²) in [5.74, 6) is -0.529. The van der Waals surface area contributed by atoms with Crippen molar-refractivity contribution >= 4 is 5.97 Å². The van der Waals surface area contributed by atoms with Gasteiger partial charge in [-0.05, 0) is 31.9 Å². The van der Waals surface area contributed by atoms with Crippen LogP contribution in [0.4, 0.5) is 4.39 Å². The van der Waals surface area contributed by atoms with Gasteiger partial charge in [-0.25, -0.2) is 4.39 Å². The number of hydrogen-bond donors (Lipinski definition) is 1. The lowest BCUT2D eigenvalue weighted by atomic mass is 10.0. The summed E-state index contributed by atoms with van der Waals surface area (Å²) in [6.45, 7) is 2.78. The maximum atomic E-state index is 12.7. The Morgan fingerprint density at radius 1 is 1.53 bits per heavy atom. The van der Waals surface area contributed by atoms with E-state index in [1.807, 2.05) is 6.92 Å². The van der Waals surface area contributed by atoms with Gasteiger partial charge in [0, 0.05) is 12.6 Å². The summed E-state index contributed by atoms with van der Waals surface area (Å²) in [6.07, 6.45) is 4.06. The minimum absolute atomic E-state index is 0.0691. The summed E-state index contributed by atoms with van der Waals surface area (Å²) in [7, 11) is 0. The van der Waals surface area contributed by atoms with Crippen molar-refractivity contribution in [3.63, 3.8) is 0 Å². The van der Waals surface area contributed by atoms with E-state index in [2.05, 4.69) is 10.3 Å². The highest BCUT2D eigenvalue weighted by Crippen LogP contribution is 2.27. The molecule has 1 aliphatic rings. The van der Waals surface area contributed by atoms with Crippen molar-refractivity contribution in [2.75, 3.05) is 6.61 Å². The molecule has 4 nitrogen and oxygen atoms in total. The highest BCUT2D eigenvalue weighted by Gasteiger charge is 2.33. The zero-order valence-electron chi connectivity index (χ0n) is 11.1. The average Bonchev–Trinajstić information content (AvgIpc) is 2.87. The van der Waals surface area contributed by atoms with Crippen LogP contribution in [0.2, 0.25) is 0 Å². The number of ether oxygens (including phenoxy) is 1. The molecule has 2 rings (SSSR count). The average molecular weight is 266 g/mol. The molecule has 0 spiro atoms. The van der Waals surface area contributed by atoms with Gasteiger partial charge in [0.25, 0.3) is 0 Å². The molecule has 0 bridgehead atoms. The van der Waals surface area contributed by atoms with Crippen molar-refractivity contribution < 1.29 is 13.9 Å². The second-order valence-corrected chi connectivity index (χ2v) is 4.74. The molecule has 19 heavy (non-hydrogen) atoms. The Bertz CT molecular complexity index is 422. The van der Waals surface area contributed by atoms with Gasteiger partial charge in [0.15, 0.2) is 0 Å². The van der Waals surface area contributed by atoms with Crippen molar-refractivity contribution in [3.05, 3.63) is 29.8 Å². The fraction of sp³-hybridized carbons (Fsp3) is 0.571. The van der Waals surface area contributed by atoms with Crippen LogP contribution in [0.1, 0.15) is 31.9 Å². The Morgan fingerprint density at radius 2 is 2.37 bits per heavy atom. The first-order chi connectivity index (χ1) is 9.20. The van der Waals surface area contributed by atoms with Crippen molar-refractivity contribution in [1.29, 1.82) is 0 Å². The quantitative estimate of drug-likeness (QED) is 0.829. The molecule has 0 amide bonds. The van der Waals surface area contributed by atoms with Gasteiger partial charge in [0.2, 0.25) is 0 Å². The van der Waals surface area contributed by atoms with Gasteiger partial charge in [-0.2, -0.15) is 0 Å². The molecular formula is C14H19FN2O2. The third-order valence-corrected chi connectivity index (χ3v) is 3.44. The monoisotopic (exact) mass is 266 g/mol. The van der Waals surface area contributed by atoms with Crippen LogP contribution < -0.4 is 5.32 Å². The van der Waals surface area contributed by atoms with E-state index in [4.69, 9.17) is 4.74 Å². The topological polar surface area (TPSA) is 51.2 Å². The van der Waals surface area contributed by atoms with Crippen LogP contribution in [0.15, 0.2) is 18.3 Å². The Balaban J connectivity index is 1.87. The van der Waals surface area contributed by atoms with Gasteiger partial charge < -0.3 is 10.1 Å². The molecule has 2 atom stereocenters. The van der Waals surface area contributed by atoms with Gasteiger partial charge in [0.1, 0.15) is 5.82 Å². The smallest absolute Gasteiger partial charge is 0.310 e. The molecule has 1 aliphatic carbocycles. The van der Waals surface area contributed by atoms with Gasteiger partial charge in [0.05, 0.1) is 24.4 Å². The van der Waals surface area contributed by atoms with Crippen molar-refractivity contribution in [1.82, 2.24) is 10.3 Å². The van der Waals surface area contributed by atoms with E-state index >= 15 is 0 Å². The lowest BCUT2D eigenvalue weighted by molar-refractivity contribution is -0.148. The zero-order valence-corrected chi connectivity index (χ0v) is 11.1. The van der Waals surface area contributed by atoms with Gasteiger partial charge in [-0.15, -0.1) is 0 Å². The van der Waals surface area contributed by atoms with Gasteiger partial charge in [-0.3, -0.25) is 9.78 Å². The number of esters is 1. The third kappa shape index (κ3) is 3.73. The van der Waals surface area contributed by atoms with Gasteiger partial charge >= 0.3 is 5.97 Å². The molecule has 1 saturated carbocycles. The summed E-state index contributed by atoms with van der Waals surface area (Å²) >= 11 is 0. The van der Waals surface area contributed by atoms with Gasteiger partial charge in [-0.1, -0.05) is 6.42 Å². The normalized spacial score (nSPS) is 22.4. The predicted molar refractivity (Wildman–Crippen MR) is 68.8 cm³/mol. The zero-order chi connectivity index (χ0) is 13.7. The van der Waals surface area contributed by atoms with Crippen LogP contribution in [0, 0.1) is 11.7 Å². The Hall–Kier alpha value is -1.49. The summed E-state index contributed by atoms with van der Waals surface area (Å²) in [5.41, 5.74) is 0.774. The number of hydrogen-bond acceptors (Lipinski definition) is 4. The summed E-state index contributed by atoms with van der Waals surface area (Å²) < 4.78 is 17.8. The molecule has 0 aromatic carbocycles. The van der Waals surface area contributed by atoms with Crippen LogP contribution in [0.3, 0.4) is 0 Å². The second-order valence-electron chi connectivity index (χ2n) is 4.74. The maximum absolute atomic E-state index is 12.7. The van der Waals surface area contributed by atoms with Crippen LogP contribution in [-0.4, -0.2) is 23.6 Å². The molecule has 0 radical (unpaired) electrons. The summed E-state index contributed by atoms with van der Waals surface area (Å²) in [4.78, 5) is 15.8. The van der Waals surface area contributed by atoms with Crippen molar-refractivity contribution in [3.8, 4) is 0 Å². The number of nitrogens with one attached hydrogen (secondary N) is 1. The van der Waals surface area contributed by atoms with Crippen LogP contribution >= 0.6 is 0 Å². The maximum Gasteiger partial charge on any atom is 0.310 e. The summed E-state index contributed by atoms with van der Waals surface area (Å²) in [5, 5.41) is 3.32. The lowest BCUT2D eigenvalue weighted by Gasteiger charge is -2.19. The largest absolute Gasteiger partial charge is 0.466 e. The number of carbonyl (C=O) groups is 1. The molecule has 1 N–H and O–H groups in total. The number of aromatic nitrogens is 1. The molecule has 0 aliphatic heterocycles. The van der Waals surface area contributed by atoms with E-state index in [1.54, 1.807) is 6.07 Å². The Labute approximate surface area is 112 Å². The minimum Gasteiger partial charge on any atom is -0.466 e. The lowest BCUT2D eigenvalue weighted by Crippen LogP contribution is -2.36. The number of carbonyl (C=O) groups excluding carboxylic acids is 1. The van der Waals surface area contributed by atoms with E-state index in [9.17, 15) is 9.18 Å². The molecule has 1 heterocycles. The second kappa shape index (κ2) is 6.61. The molecule has 1 aromatic heterocycles. The van der Waals surface area contributed by atoms with Crippen LogP contribution in [0.5, 0.6) is 0 Å². The van der Waals surface area contributed by atoms with E-state index < -0.39 is 0 Å². The number of rotatable bonds is 5. The molecule has 1 aromatic rings. The van der Waals surface area contributed by atoms with Crippen LogP contribution in [0.25, 0.3) is 0 Å². The standard InChI is InChI=1S/C14H19FN2O2/c1-2-19-14(18)12-4-3-5-13(12)17-9-11-7-6-10(15)8-16-11/h6-8,12-13,17H,2-5,9H2,1H3/t12-,13+/m0/s1. The Morgan fingerprint density at radius 3 is 3.05 bits per heavy atom. The predicted octanol–water partition coefficient (Wildman–Crippen LogP) is 2.04. The molecule has 0 unspecified atom stereocenters. The molecule has 5 heteroatoms. The van der Waals surface area contributed by atoms with Crippen molar-refractivity contribution in [2.24, 2.45) is 5.92 Å². The first-order valence-electron chi connectivity index (χ1n) is 6.71. The third-order valence-electron chi connectivity index (χ3n) is 3.44. The van der Waals surface area contributed by atoms with Crippen molar-refractivity contribution in [2.45, 2.75) is 38.8 Å². The molecular weight excluding hydrogens is 247 g/mol. The fourth-order valence-corrected chi connectivity index (χ4v) is 2.48. The first kappa shape index (κ1) is 13.9. The molecule has 1 fully saturated rings. The number of nitrogens with zero attached hydrogens (tertiary/aromatic N) is 1. The molecule has 104 valence electrons. The highest BCUT2D eigenvalue weighted by atomic mass is 19.1. The Kier molecular flexibility index (Phi) is 4.85. The molecule has 0 saturated heterocycles.